The molecule has 0 unspecified atom stereocenters. The van der Waals surface area contributed by atoms with Gasteiger partial charge in [0.2, 0.25) is 0 Å². The van der Waals surface area contributed by atoms with Gasteiger partial charge in [0.25, 0.3) is 0 Å². The highest BCUT2D eigenvalue weighted by molar-refractivity contribution is 5.89. The van der Waals surface area contributed by atoms with E-state index in [9.17, 15) is 9.59 Å². The fourth-order valence-corrected chi connectivity index (χ4v) is 3.55. The Balaban J connectivity index is 1.21. The Bertz CT molecular complexity index is 1130. The van der Waals surface area contributed by atoms with Crippen LogP contribution in [-0.4, -0.2) is 12.1 Å². The highest BCUT2D eigenvalue weighted by Crippen LogP contribution is 2.16. The van der Waals surface area contributed by atoms with Crippen molar-refractivity contribution in [3.63, 3.8) is 0 Å². The summed E-state index contributed by atoms with van der Waals surface area (Å²) in [5, 5.41) is 11.4. The maximum atomic E-state index is 12.1. The van der Waals surface area contributed by atoms with Gasteiger partial charge in [-0.05, 0) is 52.9 Å². The van der Waals surface area contributed by atoms with Crippen molar-refractivity contribution in [2.24, 2.45) is 0 Å². The minimum absolute atomic E-state index is 0.238. The summed E-state index contributed by atoms with van der Waals surface area (Å²) < 4.78 is 0. The van der Waals surface area contributed by atoms with E-state index in [0.29, 0.717) is 13.1 Å². The van der Waals surface area contributed by atoms with Gasteiger partial charge in [0.15, 0.2) is 0 Å². The van der Waals surface area contributed by atoms with Gasteiger partial charge in [-0.3, -0.25) is 0 Å². The third kappa shape index (κ3) is 7.75. The third-order valence-corrected chi connectivity index (χ3v) is 5.42. The van der Waals surface area contributed by atoms with Gasteiger partial charge in [0.05, 0.1) is 0 Å². The first-order valence-electron chi connectivity index (χ1n) is 11.5. The Hall–Kier alpha value is -4.58. The monoisotopic (exact) mass is 464 g/mol. The molecule has 0 bridgehead atoms. The molecule has 0 atom stereocenters. The lowest BCUT2D eigenvalue weighted by Crippen LogP contribution is -2.28. The quantitative estimate of drug-likeness (QED) is 0.261. The van der Waals surface area contributed by atoms with Gasteiger partial charge in [-0.25, -0.2) is 9.59 Å². The molecule has 35 heavy (non-hydrogen) atoms. The van der Waals surface area contributed by atoms with Gasteiger partial charge in [0.1, 0.15) is 0 Å². The lowest BCUT2D eigenvalue weighted by atomic mass is 10.0. The van der Waals surface area contributed by atoms with Crippen LogP contribution in [-0.2, 0) is 19.5 Å². The van der Waals surface area contributed by atoms with E-state index in [1.807, 2.05) is 109 Å². The predicted octanol–water partition coefficient (Wildman–Crippen LogP) is 5.92. The molecule has 0 fully saturated rings. The van der Waals surface area contributed by atoms with Gasteiger partial charge in [-0.2, -0.15) is 0 Å². The van der Waals surface area contributed by atoms with Crippen molar-refractivity contribution in [1.82, 2.24) is 10.6 Å². The Morgan fingerprint density at radius 3 is 1.20 bits per heavy atom. The molecule has 0 heterocycles. The highest BCUT2D eigenvalue weighted by atomic mass is 16.2. The summed E-state index contributed by atoms with van der Waals surface area (Å²) in [4.78, 5) is 24.3. The normalized spacial score (nSPS) is 10.3. The van der Waals surface area contributed by atoms with Crippen LogP contribution in [0.15, 0.2) is 109 Å². The minimum Gasteiger partial charge on any atom is -0.334 e. The molecule has 6 nitrogen and oxygen atoms in total. The molecule has 176 valence electrons. The second kappa shape index (κ2) is 12.0. The van der Waals surface area contributed by atoms with E-state index in [1.165, 1.54) is 0 Å². The number of carbonyl (C=O) groups is 2. The van der Waals surface area contributed by atoms with E-state index < -0.39 is 0 Å². The van der Waals surface area contributed by atoms with E-state index >= 15 is 0 Å². The Labute approximate surface area is 205 Å². The molecule has 0 aliphatic heterocycles. The number of anilines is 2. The van der Waals surface area contributed by atoms with E-state index in [2.05, 4.69) is 21.3 Å². The number of carbonyl (C=O) groups excluding carboxylic acids is 2. The van der Waals surface area contributed by atoms with Crippen LogP contribution in [0.2, 0.25) is 0 Å². The fraction of sp³-hybridized carbons (Fsp3) is 0.103. The number of benzene rings is 4. The molecule has 4 rings (SSSR count). The SMILES string of the molecule is O=C(NCc1ccccc1)Nc1ccc(Cc2ccc(NC(=O)NCc3ccccc3)cc2)cc1. The summed E-state index contributed by atoms with van der Waals surface area (Å²) >= 11 is 0. The summed E-state index contributed by atoms with van der Waals surface area (Å²) in [5.41, 5.74) is 5.82. The van der Waals surface area contributed by atoms with Crippen LogP contribution in [0.25, 0.3) is 0 Å². The first kappa shape index (κ1) is 23.6. The molecule has 0 spiro atoms. The summed E-state index contributed by atoms with van der Waals surface area (Å²) in [7, 11) is 0. The molecule has 0 aromatic heterocycles. The number of hydrogen-bond acceptors (Lipinski definition) is 2. The Morgan fingerprint density at radius 1 is 0.457 bits per heavy atom. The molecule has 0 radical (unpaired) electrons. The van der Waals surface area contributed by atoms with Crippen LogP contribution in [0, 0.1) is 0 Å². The lowest BCUT2D eigenvalue weighted by Gasteiger charge is -2.10. The molecule has 0 saturated carbocycles. The van der Waals surface area contributed by atoms with Crippen molar-refractivity contribution < 1.29 is 9.59 Å². The molecule has 4 aromatic rings. The van der Waals surface area contributed by atoms with E-state index in [0.717, 1.165) is 40.0 Å². The van der Waals surface area contributed by atoms with E-state index in [-0.39, 0.29) is 12.1 Å². The van der Waals surface area contributed by atoms with Crippen LogP contribution < -0.4 is 21.3 Å². The summed E-state index contributed by atoms with van der Waals surface area (Å²) in [6.07, 6.45) is 0.751. The molecule has 4 aromatic carbocycles. The largest absolute Gasteiger partial charge is 0.334 e. The van der Waals surface area contributed by atoms with Crippen molar-refractivity contribution in [2.45, 2.75) is 19.5 Å². The average Bonchev–Trinajstić information content (AvgIpc) is 2.90. The first-order chi connectivity index (χ1) is 17.1. The molecular formula is C29H28N4O2. The smallest absolute Gasteiger partial charge is 0.319 e. The van der Waals surface area contributed by atoms with Crippen molar-refractivity contribution in [3.8, 4) is 0 Å². The maximum absolute atomic E-state index is 12.1. The molecule has 4 N–H and O–H groups in total. The van der Waals surface area contributed by atoms with E-state index in [4.69, 9.17) is 0 Å². The Kier molecular flexibility index (Phi) is 8.11. The highest BCUT2D eigenvalue weighted by Gasteiger charge is 2.04. The van der Waals surface area contributed by atoms with E-state index in [1.54, 1.807) is 0 Å². The van der Waals surface area contributed by atoms with Gasteiger partial charge < -0.3 is 21.3 Å². The van der Waals surface area contributed by atoms with Gasteiger partial charge in [-0.15, -0.1) is 0 Å². The van der Waals surface area contributed by atoms with Gasteiger partial charge in [0, 0.05) is 24.5 Å². The van der Waals surface area contributed by atoms with Gasteiger partial charge in [-0.1, -0.05) is 84.9 Å². The van der Waals surface area contributed by atoms with Crippen LogP contribution in [0.5, 0.6) is 0 Å². The number of urea groups is 2. The van der Waals surface area contributed by atoms with Crippen LogP contribution in [0.3, 0.4) is 0 Å². The number of amides is 4. The molecule has 6 heteroatoms. The lowest BCUT2D eigenvalue weighted by molar-refractivity contribution is 0.251. The number of rotatable bonds is 8. The molecule has 4 amide bonds. The van der Waals surface area contributed by atoms with Crippen LogP contribution >= 0.6 is 0 Å². The Morgan fingerprint density at radius 2 is 0.829 bits per heavy atom. The minimum atomic E-state index is -0.238. The second-order valence-corrected chi connectivity index (χ2v) is 8.16. The average molecular weight is 465 g/mol. The van der Waals surface area contributed by atoms with Crippen molar-refractivity contribution in [3.05, 3.63) is 131 Å². The van der Waals surface area contributed by atoms with Crippen LogP contribution in [0.4, 0.5) is 21.0 Å². The van der Waals surface area contributed by atoms with Crippen LogP contribution in [0.1, 0.15) is 22.3 Å². The zero-order valence-corrected chi connectivity index (χ0v) is 19.3. The molecular weight excluding hydrogens is 436 g/mol. The fourth-order valence-electron chi connectivity index (χ4n) is 3.55. The molecule has 0 aliphatic rings. The molecule has 0 aliphatic carbocycles. The predicted molar refractivity (Wildman–Crippen MR) is 140 cm³/mol. The third-order valence-electron chi connectivity index (χ3n) is 5.42. The maximum Gasteiger partial charge on any atom is 0.319 e. The van der Waals surface area contributed by atoms with Crippen molar-refractivity contribution >= 4 is 23.4 Å². The summed E-state index contributed by atoms with van der Waals surface area (Å²) in [5.74, 6) is 0. The zero-order chi connectivity index (χ0) is 24.3. The first-order valence-corrected chi connectivity index (χ1v) is 11.5. The number of hydrogen-bond donors (Lipinski definition) is 4. The van der Waals surface area contributed by atoms with Gasteiger partial charge >= 0.3 is 12.1 Å². The summed E-state index contributed by atoms with van der Waals surface area (Å²) in [6, 6.07) is 34.6. The summed E-state index contributed by atoms with van der Waals surface area (Å²) in [6.45, 7) is 0.953. The van der Waals surface area contributed by atoms with Crippen molar-refractivity contribution in [1.29, 1.82) is 0 Å². The molecule has 0 saturated heterocycles. The topological polar surface area (TPSA) is 82.3 Å². The number of nitrogens with one attached hydrogen (secondary N) is 4. The zero-order valence-electron chi connectivity index (χ0n) is 19.3. The standard InChI is InChI=1S/C29H28N4O2/c34-28(30-20-24-7-3-1-4-8-24)32-26-15-11-22(12-16-26)19-23-13-17-27(18-14-23)33-29(35)31-21-25-9-5-2-6-10-25/h1-18H,19-21H2,(H2,30,32,34)(H2,31,33,35). The van der Waals surface area contributed by atoms with Crippen molar-refractivity contribution in [2.75, 3.05) is 10.6 Å². The second-order valence-electron chi connectivity index (χ2n) is 8.16.